The van der Waals surface area contributed by atoms with Crippen LogP contribution in [0.5, 0.6) is 0 Å². The number of hydrogen-bond donors (Lipinski definition) is 0. The molecule has 0 saturated carbocycles. The van der Waals surface area contributed by atoms with Gasteiger partial charge in [0.05, 0.1) is 12.8 Å². The predicted octanol–water partition coefficient (Wildman–Crippen LogP) is 3.47. The number of carbonyl (C=O) groups is 3. The van der Waals surface area contributed by atoms with Gasteiger partial charge >= 0.3 is 0 Å². The van der Waals surface area contributed by atoms with Gasteiger partial charge in [-0.15, -0.1) is 0 Å². The van der Waals surface area contributed by atoms with E-state index in [1.165, 1.54) is 4.90 Å². The molecule has 4 rings (SSSR count). The molecule has 0 radical (unpaired) electrons. The molecule has 0 saturated heterocycles. The molecule has 6 nitrogen and oxygen atoms in total. The number of carbonyl (C=O) groups excluding carboxylic acids is 3. The van der Waals surface area contributed by atoms with Gasteiger partial charge in [0.25, 0.3) is 11.8 Å². The number of benzene rings is 2. The zero-order valence-electron chi connectivity index (χ0n) is 15.6. The first-order chi connectivity index (χ1) is 13.6. The van der Waals surface area contributed by atoms with Gasteiger partial charge in [0.15, 0.2) is 0 Å². The molecule has 3 aromatic rings. The summed E-state index contributed by atoms with van der Waals surface area (Å²) in [7, 11) is 1.71. The molecule has 1 aliphatic rings. The first-order valence-electron chi connectivity index (χ1n) is 9.20. The highest BCUT2D eigenvalue weighted by Gasteiger charge is 2.32. The van der Waals surface area contributed by atoms with E-state index < -0.39 is 0 Å². The molecular weight excluding hydrogens is 356 g/mol. The highest BCUT2D eigenvalue weighted by Crippen LogP contribution is 2.30. The van der Waals surface area contributed by atoms with Crippen molar-refractivity contribution in [1.82, 2.24) is 9.80 Å². The Bertz CT molecular complexity index is 1000. The van der Waals surface area contributed by atoms with Crippen LogP contribution in [0.15, 0.2) is 59.2 Å². The van der Waals surface area contributed by atoms with Gasteiger partial charge in [-0.25, -0.2) is 0 Å². The van der Waals surface area contributed by atoms with E-state index in [9.17, 15) is 14.4 Å². The molecule has 1 aliphatic heterocycles. The van der Waals surface area contributed by atoms with Gasteiger partial charge in [-0.05, 0) is 36.1 Å². The van der Waals surface area contributed by atoms with E-state index in [4.69, 9.17) is 4.42 Å². The number of rotatable bonds is 6. The van der Waals surface area contributed by atoms with Crippen LogP contribution >= 0.6 is 0 Å². The number of furan rings is 1. The van der Waals surface area contributed by atoms with E-state index >= 15 is 0 Å². The fourth-order valence-corrected chi connectivity index (χ4v) is 3.59. The van der Waals surface area contributed by atoms with Gasteiger partial charge in [0.1, 0.15) is 5.76 Å². The minimum absolute atomic E-state index is 0.0594. The van der Waals surface area contributed by atoms with Crippen LogP contribution in [-0.4, -0.2) is 41.1 Å². The Morgan fingerprint density at radius 3 is 2.29 bits per heavy atom. The lowest BCUT2D eigenvalue weighted by Gasteiger charge is -2.27. The van der Waals surface area contributed by atoms with Gasteiger partial charge in [0.2, 0.25) is 5.91 Å². The summed E-state index contributed by atoms with van der Waals surface area (Å²) in [6, 6.07) is 14.5. The van der Waals surface area contributed by atoms with Crippen molar-refractivity contribution >= 4 is 28.5 Å². The fraction of sp³-hybridized carbons (Fsp3) is 0.227. The Hall–Kier alpha value is -3.41. The van der Waals surface area contributed by atoms with E-state index in [2.05, 4.69) is 0 Å². The molecule has 2 heterocycles. The van der Waals surface area contributed by atoms with Gasteiger partial charge in [-0.1, -0.05) is 24.3 Å². The number of imide groups is 1. The number of nitrogens with zero attached hydrogens (tertiary/aromatic N) is 2. The topological polar surface area (TPSA) is 70.8 Å². The summed E-state index contributed by atoms with van der Waals surface area (Å²) in [4.78, 5) is 40.8. The largest absolute Gasteiger partial charge is 0.467 e. The molecule has 2 aromatic carbocycles. The maximum absolute atomic E-state index is 12.8. The molecule has 0 spiro atoms. The quantitative estimate of drug-likeness (QED) is 0.618. The van der Waals surface area contributed by atoms with Gasteiger partial charge in [0, 0.05) is 36.5 Å². The second-order valence-electron chi connectivity index (χ2n) is 6.90. The van der Waals surface area contributed by atoms with E-state index in [1.807, 2.05) is 30.3 Å². The molecule has 0 atom stereocenters. The Balaban J connectivity index is 1.42. The van der Waals surface area contributed by atoms with Crippen molar-refractivity contribution in [3.63, 3.8) is 0 Å². The minimum atomic E-state index is -0.300. The lowest BCUT2D eigenvalue weighted by Crippen LogP contribution is -2.41. The predicted molar refractivity (Wildman–Crippen MR) is 104 cm³/mol. The standard InChI is InChI=1S/C22H20N2O4/c1-23(14-16-8-5-13-28-16)19(25)11-4-12-24-21(26)17-9-2-6-15-7-3-10-18(20(15)17)22(24)27/h2-3,5-10,13H,4,11-12,14H2,1H3. The van der Waals surface area contributed by atoms with E-state index in [-0.39, 0.29) is 30.7 Å². The Labute approximate surface area is 162 Å². The van der Waals surface area contributed by atoms with Crippen molar-refractivity contribution in [2.24, 2.45) is 0 Å². The third-order valence-electron chi connectivity index (χ3n) is 5.03. The molecule has 6 heteroatoms. The molecule has 142 valence electrons. The molecule has 3 amide bonds. The summed E-state index contributed by atoms with van der Waals surface area (Å²) < 4.78 is 5.25. The van der Waals surface area contributed by atoms with Crippen molar-refractivity contribution in [2.75, 3.05) is 13.6 Å². The van der Waals surface area contributed by atoms with E-state index in [1.54, 1.807) is 36.4 Å². The van der Waals surface area contributed by atoms with Crippen LogP contribution in [0.4, 0.5) is 0 Å². The number of hydrogen-bond acceptors (Lipinski definition) is 4. The van der Waals surface area contributed by atoms with Gasteiger partial charge in [-0.3, -0.25) is 19.3 Å². The fourth-order valence-electron chi connectivity index (χ4n) is 3.59. The molecule has 0 bridgehead atoms. The zero-order valence-corrected chi connectivity index (χ0v) is 15.6. The van der Waals surface area contributed by atoms with Crippen LogP contribution in [-0.2, 0) is 11.3 Å². The highest BCUT2D eigenvalue weighted by molar-refractivity contribution is 6.25. The summed E-state index contributed by atoms with van der Waals surface area (Å²) in [6.45, 7) is 0.603. The van der Waals surface area contributed by atoms with Crippen LogP contribution in [0.25, 0.3) is 10.8 Å². The van der Waals surface area contributed by atoms with E-state index in [0.29, 0.717) is 35.2 Å². The van der Waals surface area contributed by atoms with Crippen molar-refractivity contribution < 1.29 is 18.8 Å². The van der Waals surface area contributed by atoms with Crippen molar-refractivity contribution in [2.45, 2.75) is 19.4 Å². The lowest BCUT2D eigenvalue weighted by atomic mass is 9.94. The average molecular weight is 376 g/mol. The van der Waals surface area contributed by atoms with Crippen LogP contribution in [0.2, 0.25) is 0 Å². The maximum atomic E-state index is 12.8. The average Bonchev–Trinajstić information content (AvgIpc) is 3.21. The minimum Gasteiger partial charge on any atom is -0.467 e. The van der Waals surface area contributed by atoms with Gasteiger partial charge in [-0.2, -0.15) is 0 Å². The summed E-state index contributed by atoms with van der Waals surface area (Å²) >= 11 is 0. The molecule has 0 N–H and O–H groups in total. The number of amides is 3. The smallest absolute Gasteiger partial charge is 0.261 e. The summed E-state index contributed by atoms with van der Waals surface area (Å²) in [5.41, 5.74) is 1.07. The van der Waals surface area contributed by atoms with Crippen LogP contribution in [0.3, 0.4) is 0 Å². The van der Waals surface area contributed by atoms with Crippen LogP contribution < -0.4 is 0 Å². The molecule has 1 aromatic heterocycles. The first kappa shape index (κ1) is 18.0. The zero-order chi connectivity index (χ0) is 19.7. The monoisotopic (exact) mass is 376 g/mol. The van der Waals surface area contributed by atoms with Crippen LogP contribution in [0, 0.1) is 0 Å². The molecule has 0 unspecified atom stereocenters. The lowest BCUT2D eigenvalue weighted by molar-refractivity contribution is -0.130. The Morgan fingerprint density at radius 2 is 1.68 bits per heavy atom. The van der Waals surface area contributed by atoms with Crippen LogP contribution in [0.1, 0.15) is 39.3 Å². The highest BCUT2D eigenvalue weighted by atomic mass is 16.3. The summed E-state index contributed by atoms with van der Waals surface area (Å²) in [6.07, 6.45) is 2.23. The molecule has 0 fully saturated rings. The van der Waals surface area contributed by atoms with Crippen molar-refractivity contribution in [3.8, 4) is 0 Å². The molecule has 28 heavy (non-hydrogen) atoms. The summed E-state index contributed by atoms with van der Waals surface area (Å²) in [5, 5.41) is 1.59. The molecular formula is C22H20N2O4. The molecule has 0 aliphatic carbocycles. The Morgan fingerprint density at radius 1 is 1.00 bits per heavy atom. The van der Waals surface area contributed by atoms with Gasteiger partial charge < -0.3 is 9.32 Å². The first-order valence-corrected chi connectivity index (χ1v) is 9.20. The second-order valence-corrected chi connectivity index (χ2v) is 6.90. The normalized spacial score (nSPS) is 13.2. The van der Waals surface area contributed by atoms with Crippen molar-refractivity contribution in [1.29, 1.82) is 0 Å². The SMILES string of the molecule is CN(Cc1ccco1)C(=O)CCCN1C(=O)c2cccc3cccc(c23)C1=O. The third-order valence-corrected chi connectivity index (χ3v) is 5.03. The second kappa shape index (κ2) is 7.31. The van der Waals surface area contributed by atoms with E-state index in [0.717, 1.165) is 5.39 Å². The Kier molecular flexibility index (Phi) is 4.69. The maximum Gasteiger partial charge on any atom is 0.261 e. The van der Waals surface area contributed by atoms with Crippen molar-refractivity contribution in [3.05, 3.63) is 71.7 Å². The third kappa shape index (κ3) is 3.17. The summed E-state index contributed by atoms with van der Waals surface area (Å²) in [5.74, 6) is 0.0501.